The fourth-order valence-corrected chi connectivity index (χ4v) is 4.93. The Kier molecular flexibility index (Phi) is 2.60. The van der Waals surface area contributed by atoms with E-state index in [1.165, 1.54) is 0 Å². The minimum atomic E-state index is -0.680. The third kappa shape index (κ3) is 1.61. The largest absolute Gasteiger partial charge is 0.507 e. The minimum absolute atomic E-state index is 0.295. The molecule has 2 nitrogen and oxygen atoms in total. The summed E-state index contributed by atoms with van der Waals surface area (Å²) >= 11 is 0. The number of hydrogen-bond acceptors (Lipinski definition) is 2. The monoisotopic (exact) mass is 348 g/mol. The van der Waals surface area contributed by atoms with Crippen molar-refractivity contribution in [3.63, 3.8) is 0 Å². The molecule has 2 aromatic rings. The second-order valence-corrected chi connectivity index (χ2v) is 7.29. The van der Waals surface area contributed by atoms with Crippen LogP contribution in [0.2, 0.25) is 0 Å². The number of fused-ring (bicyclic) bond motifs is 8. The van der Waals surface area contributed by atoms with Crippen molar-refractivity contribution in [1.82, 2.24) is 0 Å². The zero-order valence-electron chi connectivity index (χ0n) is 14.5. The van der Waals surface area contributed by atoms with Crippen LogP contribution in [-0.4, -0.2) is 10.2 Å². The molecule has 128 valence electrons. The molecule has 4 aliphatic carbocycles. The molecule has 0 radical (unpaired) electrons. The van der Waals surface area contributed by atoms with Gasteiger partial charge in [0.05, 0.1) is 5.41 Å². The molecule has 2 N–H and O–H groups in total. The maximum atomic E-state index is 11.2. The minimum Gasteiger partial charge on any atom is -0.507 e. The Balaban J connectivity index is 1.67. The van der Waals surface area contributed by atoms with E-state index in [9.17, 15) is 10.2 Å². The van der Waals surface area contributed by atoms with E-state index < -0.39 is 5.41 Å². The molecule has 0 saturated heterocycles. The van der Waals surface area contributed by atoms with Crippen LogP contribution in [-0.2, 0) is 0 Å². The number of aliphatic hydroxyl groups is 2. The fourth-order valence-electron chi connectivity index (χ4n) is 4.93. The molecule has 4 aliphatic rings. The molecule has 0 amide bonds. The lowest BCUT2D eigenvalue weighted by Gasteiger charge is -2.36. The highest BCUT2D eigenvalue weighted by Gasteiger charge is 2.48. The topological polar surface area (TPSA) is 40.5 Å². The molecule has 0 fully saturated rings. The third-order valence-electron chi connectivity index (χ3n) is 6.03. The predicted octanol–water partition coefficient (Wildman–Crippen LogP) is 5.85. The lowest BCUT2D eigenvalue weighted by molar-refractivity contribution is 0.491. The smallest absolute Gasteiger partial charge is 0.128 e. The van der Waals surface area contributed by atoms with Crippen LogP contribution in [0.15, 0.2) is 96.1 Å². The Morgan fingerprint density at radius 3 is 1.41 bits per heavy atom. The number of hydrogen-bond donors (Lipinski definition) is 2. The van der Waals surface area contributed by atoms with Gasteiger partial charge in [-0.25, -0.2) is 0 Å². The van der Waals surface area contributed by atoms with E-state index in [1.807, 2.05) is 72.8 Å². The van der Waals surface area contributed by atoms with Gasteiger partial charge < -0.3 is 10.2 Å². The molecule has 0 heterocycles. The van der Waals surface area contributed by atoms with E-state index >= 15 is 0 Å². The molecule has 1 spiro atoms. The Hall–Kier alpha value is -3.52. The van der Waals surface area contributed by atoms with Gasteiger partial charge in [-0.15, -0.1) is 0 Å². The van der Waals surface area contributed by atoms with Gasteiger partial charge in [-0.3, -0.25) is 0 Å². The van der Waals surface area contributed by atoms with Crippen LogP contribution in [0.4, 0.5) is 0 Å². The SMILES string of the molecule is OC1=C2C(=CC=CC23C=CC=C2C3=C(O)c3ccccc32)c2ccccc21. The summed E-state index contributed by atoms with van der Waals surface area (Å²) in [5.41, 5.74) is 6.83. The van der Waals surface area contributed by atoms with Crippen LogP contribution in [0.1, 0.15) is 22.3 Å². The van der Waals surface area contributed by atoms with Gasteiger partial charge in [-0.2, -0.15) is 0 Å². The first-order valence-corrected chi connectivity index (χ1v) is 9.09. The van der Waals surface area contributed by atoms with E-state index in [1.54, 1.807) is 0 Å². The summed E-state index contributed by atoms with van der Waals surface area (Å²) in [7, 11) is 0. The molecular weight excluding hydrogens is 332 g/mol. The van der Waals surface area contributed by atoms with Crippen molar-refractivity contribution in [2.75, 3.05) is 0 Å². The molecule has 0 bridgehead atoms. The van der Waals surface area contributed by atoms with Gasteiger partial charge in [0.1, 0.15) is 11.5 Å². The van der Waals surface area contributed by atoms with Gasteiger partial charge >= 0.3 is 0 Å². The summed E-state index contributed by atoms with van der Waals surface area (Å²) in [4.78, 5) is 0. The lowest BCUT2D eigenvalue weighted by Crippen LogP contribution is -2.25. The quantitative estimate of drug-likeness (QED) is 0.627. The lowest BCUT2D eigenvalue weighted by atomic mass is 9.65. The zero-order valence-corrected chi connectivity index (χ0v) is 14.5. The molecule has 27 heavy (non-hydrogen) atoms. The highest BCUT2D eigenvalue weighted by molar-refractivity contribution is 6.07. The van der Waals surface area contributed by atoms with Crippen molar-refractivity contribution in [1.29, 1.82) is 0 Å². The number of allylic oxidation sites excluding steroid dienone is 10. The Bertz CT molecular complexity index is 1130. The predicted molar refractivity (Wildman–Crippen MR) is 109 cm³/mol. The summed E-state index contributed by atoms with van der Waals surface area (Å²) in [6, 6.07) is 15.8. The first kappa shape index (κ1) is 14.6. The van der Waals surface area contributed by atoms with Gasteiger partial charge in [0, 0.05) is 22.3 Å². The van der Waals surface area contributed by atoms with Crippen LogP contribution in [0.3, 0.4) is 0 Å². The summed E-state index contributed by atoms with van der Waals surface area (Å²) < 4.78 is 0. The van der Waals surface area contributed by atoms with Crippen LogP contribution in [0.5, 0.6) is 0 Å². The summed E-state index contributed by atoms with van der Waals surface area (Å²) in [6.45, 7) is 0. The normalized spacial score (nSPS) is 20.3. The molecule has 0 saturated carbocycles. The van der Waals surface area contributed by atoms with E-state index in [2.05, 4.69) is 12.2 Å². The average Bonchev–Trinajstić information content (AvgIpc) is 3.17. The molecule has 6 rings (SSSR count). The molecule has 0 aliphatic heterocycles. The van der Waals surface area contributed by atoms with Crippen molar-refractivity contribution in [3.8, 4) is 0 Å². The van der Waals surface area contributed by atoms with Gasteiger partial charge in [-0.1, -0.05) is 85.0 Å². The third-order valence-corrected chi connectivity index (χ3v) is 6.03. The standard InChI is InChI=1S/C25H16O2/c26-23-19-9-3-1-7-15(19)17-11-5-13-25(21(17)23)14-6-12-18-16-8-2-4-10-20(16)24(27)22(18)25/h1-14,26-27H. The van der Waals surface area contributed by atoms with E-state index in [0.717, 1.165) is 44.5 Å². The van der Waals surface area contributed by atoms with Crippen LogP contribution < -0.4 is 0 Å². The van der Waals surface area contributed by atoms with Crippen LogP contribution in [0.25, 0.3) is 22.7 Å². The van der Waals surface area contributed by atoms with Crippen molar-refractivity contribution in [2.45, 2.75) is 0 Å². The van der Waals surface area contributed by atoms with Gasteiger partial charge in [0.25, 0.3) is 0 Å². The number of benzene rings is 2. The fraction of sp³-hybridized carbons (Fsp3) is 0.0400. The van der Waals surface area contributed by atoms with Gasteiger partial charge in [0.2, 0.25) is 0 Å². The van der Waals surface area contributed by atoms with E-state index in [0.29, 0.717) is 11.5 Å². The summed E-state index contributed by atoms with van der Waals surface area (Å²) in [5, 5.41) is 22.3. The van der Waals surface area contributed by atoms with Crippen molar-refractivity contribution in [2.24, 2.45) is 5.41 Å². The van der Waals surface area contributed by atoms with Crippen LogP contribution in [0, 0.1) is 5.41 Å². The molecule has 2 heteroatoms. The highest BCUT2D eigenvalue weighted by atomic mass is 16.3. The Morgan fingerprint density at radius 2 is 0.963 bits per heavy atom. The number of aliphatic hydroxyl groups excluding tert-OH is 2. The highest BCUT2D eigenvalue weighted by Crippen LogP contribution is 2.61. The van der Waals surface area contributed by atoms with Gasteiger partial charge in [0.15, 0.2) is 0 Å². The second kappa shape index (κ2) is 4.80. The van der Waals surface area contributed by atoms with Crippen molar-refractivity contribution < 1.29 is 10.2 Å². The van der Waals surface area contributed by atoms with Crippen molar-refractivity contribution >= 4 is 22.7 Å². The van der Waals surface area contributed by atoms with E-state index in [4.69, 9.17) is 0 Å². The summed E-state index contributed by atoms with van der Waals surface area (Å²) in [5.74, 6) is 0.590. The summed E-state index contributed by atoms with van der Waals surface area (Å²) in [6.07, 6.45) is 12.3. The van der Waals surface area contributed by atoms with Gasteiger partial charge in [-0.05, 0) is 22.3 Å². The van der Waals surface area contributed by atoms with Crippen LogP contribution >= 0.6 is 0 Å². The van der Waals surface area contributed by atoms with Crippen molar-refractivity contribution in [3.05, 3.63) is 118 Å². The van der Waals surface area contributed by atoms with E-state index in [-0.39, 0.29) is 0 Å². The molecule has 2 aromatic carbocycles. The number of rotatable bonds is 0. The molecule has 0 atom stereocenters. The Morgan fingerprint density at radius 1 is 0.556 bits per heavy atom. The Labute approximate surface area is 157 Å². The zero-order chi connectivity index (χ0) is 18.2. The average molecular weight is 348 g/mol. The maximum absolute atomic E-state index is 11.2. The first-order valence-electron chi connectivity index (χ1n) is 9.09. The maximum Gasteiger partial charge on any atom is 0.128 e. The molecule has 0 aromatic heterocycles. The second-order valence-electron chi connectivity index (χ2n) is 7.29. The first-order chi connectivity index (χ1) is 13.2. The molecular formula is C25H16O2. The molecule has 0 unspecified atom stereocenters.